The molecule has 0 aromatic heterocycles. The summed E-state index contributed by atoms with van der Waals surface area (Å²) >= 11 is 0. The van der Waals surface area contributed by atoms with E-state index in [2.05, 4.69) is 18.0 Å². The van der Waals surface area contributed by atoms with Crippen molar-refractivity contribution >= 4 is 20.6 Å². The summed E-state index contributed by atoms with van der Waals surface area (Å²) in [4.78, 5) is 0.503. The number of aliphatic hydroxyl groups is 2. The number of piperidine rings is 1. The van der Waals surface area contributed by atoms with Gasteiger partial charge in [-0.1, -0.05) is 54.6 Å². The number of hydrogen-bond donors (Lipinski definition) is 2. The summed E-state index contributed by atoms with van der Waals surface area (Å²) in [5, 5.41) is 24.2. The fraction of sp³-hybridized carbons (Fsp3) is 0.407. The highest BCUT2D eigenvalue weighted by Gasteiger charge is 2.75. The number of rotatable bonds is 2. The standard InChI is InChI=1S/C27H27NO5S/c1-28-13-12-26-20-9-10-22(29)25(26)33-27(23(30)11-7-18(24(26)27)15-21(20)28)34(31,32)19-8-6-16-4-2-3-5-17(16)14-19/h2-11,14,20-23,25,29-30H,12-13,15H2,1H3/t20-,21+,22-,23?,25-,26-,27?/m0/s1. The quantitative estimate of drug-likeness (QED) is 0.647. The van der Waals surface area contributed by atoms with Crippen LogP contribution in [0.2, 0.25) is 0 Å². The fourth-order valence-corrected chi connectivity index (χ4v) is 9.56. The summed E-state index contributed by atoms with van der Waals surface area (Å²) in [7, 11) is -2.09. The van der Waals surface area contributed by atoms with Crippen molar-refractivity contribution in [2.45, 2.75) is 47.0 Å². The molecule has 34 heavy (non-hydrogen) atoms. The Bertz CT molecular complexity index is 1430. The highest BCUT2D eigenvalue weighted by atomic mass is 32.2. The van der Waals surface area contributed by atoms with Crippen LogP contribution in [0.5, 0.6) is 0 Å². The van der Waals surface area contributed by atoms with Crippen LogP contribution < -0.4 is 0 Å². The Labute approximate surface area is 198 Å². The van der Waals surface area contributed by atoms with Crippen LogP contribution in [0.3, 0.4) is 0 Å². The molecule has 6 nitrogen and oxygen atoms in total. The molecule has 2 bridgehead atoms. The van der Waals surface area contributed by atoms with Crippen LogP contribution in [-0.2, 0) is 14.6 Å². The SMILES string of the molecule is CN1CC[C@]23C4=C5C=CC(O)C4(S(=O)(=O)c4ccc6ccccc6c4)O[C@H]2[C@@H](O)C=C[C@H]3[C@H]1C5. The maximum Gasteiger partial charge on any atom is 0.226 e. The lowest BCUT2D eigenvalue weighted by Gasteiger charge is -2.58. The molecule has 3 aliphatic carbocycles. The van der Waals surface area contributed by atoms with Gasteiger partial charge in [-0.3, -0.25) is 0 Å². The second-order valence-electron chi connectivity index (χ2n) is 10.4. The average molecular weight is 478 g/mol. The Morgan fingerprint density at radius 3 is 2.68 bits per heavy atom. The zero-order chi connectivity index (χ0) is 23.5. The molecule has 2 fully saturated rings. The van der Waals surface area contributed by atoms with Gasteiger partial charge in [-0.05, 0) is 60.5 Å². The monoisotopic (exact) mass is 477 g/mol. The highest BCUT2D eigenvalue weighted by Crippen LogP contribution is 2.68. The Hall–Kier alpha value is -2.29. The van der Waals surface area contributed by atoms with Crippen molar-refractivity contribution < 1.29 is 23.4 Å². The summed E-state index contributed by atoms with van der Waals surface area (Å²) in [5.41, 5.74) is 0.938. The Morgan fingerprint density at radius 1 is 1.06 bits per heavy atom. The number of ether oxygens (including phenoxy) is 1. The minimum atomic E-state index is -4.19. The minimum absolute atomic E-state index is 0.0192. The normalized spacial score (nSPS) is 40.6. The molecule has 5 aliphatic rings. The zero-order valence-corrected chi connectivity index (χ0v) is 19.7. The first-order valence-corrected chi connectivity index (χ1v) is 13.4. The predicted molar refractivity (Wildman–Crippen MR) is 128 cm³/mol. The van der Waals surface area contributed by atoms with E-state index in [9.17, 15) is 18.6 Å². The Morgan fingerprint density at radius 2 is 1.85 bits per heavy atom. The molecule has 2 aliphatic heterocycles. The third kappa shape index (κ3) is 2.28. The largest absolute Gasteiger partial charge is 0.386 e. The van der Waals surface area contributed by atoms with Crippen molar-refractivity contribution in [3.05, 3.63) is 77.9 Å². The number of fused-ring (bicyclic) bond motifs is 1. The molecular weight excluding hydrogens is 450 g/mol. The first-order chi connectivity index (χ1) is 16.3. The first kappa shape index (κ1) is 21.0. The molecule has 2 saturated heterocycles. The first-order valence-electron chi connectivity index (χ1n) is 11.9. The minimum Gasteiger partial charge on any atom is -0.386 e. The fourth-order valence-electron chi connectivity index (χ4n) is 7.47. The van der Waals surface area contributed by atoms with Gasteiger partial charge >= 0.3 is 0 Å². The molecule has 0 saturated carbocycles. The van der Waals surface area contributed by atoms with E-state index >= 15 is 0 Å². The van der Waals surface area contributed by atoms with Crippen LogP contribution in [0, 0.1) is 11.3 Å². The van der Waals surface area contributed by atoms with Crippen LogP contribution in [0.25, 0.3) is 10.8 Å². The number of nitrogens with zero attached hydrogens (tertiary/aromatic N) is 1. The number of aliphatic hydroxyl groups excluding tert-OH is 2. The van der Waals surface area contributed by atoms with Gasteiger partial charge < -0.3 is 19.8 Å². The van der Waals surface area contributed by atoms with E-state index in [4.69, 9.17) is 4.74 Å². The van der Waals surface area contributed by atoms with Gasteiger partial charge in [0.15, 0.2) is 0 Å². The zero-order valence-electron chi connectivity index (χ0n) is 18.8. The summed E-state index contributed by atoms with van der Waals surface area (Å²) < 4.78 is 35.6. The van der Waals surface area contributed by atoms with Crippen LogP contribution >= 0.6 is 0 Å². The lowest BCUT2D eigenvalue weighted by atomic mass is 9.52. The highest BCUT2D eigenvalue weighted by molar-refractivity contribution is 7.93. The Balaban J connectivity index is 1.51. The molecule has 0 radical (unpaired) electrons. The number of hydrogen-bond acceptors (Lipinski definition) is 6. The van der Waals surface area contributed by atoms with Crippen molar-refractivity contribution in [3.63, 3.8) is 0 Å². The molecule has 2 unspecified atom stereocenters. The molecule has 2 aromatic carbocycles. The van der Waals surface area contributed by atoms with Crippen molar-refractivity contribution in [3.8, 4) is 0 Å². The van der Waals surface area contributed by atoms with E-state index in [1.807, 2.05) is 30.3 Å². The smallest absolute Gasteiger partial charge is 0.226 e. The number of benzene rings is 2. The van der Waals surface area contributed by atoms with Crippen LogP contribution in [0.15, 0.2) is 82.8 Å². The lowest BCUT2D eigenvalue weighted by Crippen LogP contribution is -2.62. The second kappa shape index (κ2) is 6.68. The maximum atomic E-state index is 14.5. The summed E-state index contributed by atoms with van der Waals surface area (Å²) in [6.45, 7) is 0.782. The van der Waals surface area contributed by atoms with Crippen LogP contribution in [-0.4, -0.2) is 66.4 Å². The van der Waals surface area contributed by atoms with Gasteiger partial charge in [-0.2, -0.15) is 0 Å². The number of likely N-dealkylation sites (tertiary alicyclic amines) is 1. The number of sulfone groups is 1. The van der Waals surface area contributed by atoms with Crippen LogP contribution in [0.1, 0.15) is 12.8 Å². The molecule has 7 rings (SSSR count). The van der Waals surface area contributed by atoms with Gasteiger partial charge in [0.05, 0.1) is 17.1 Å². The molecule has 176 valence electrons. The summed E-state index contributed by atoms with van der Waals surface area (Å²) in [6, 6.07) is 12.9. The van der Waals surface area contributed by atoms with Crippen molar-refractivity contribution in [2.24, 2.45) is 11.3 Å². The molecule has 0 amide bonds. The third-order valence-corrected chi connectivity index (χ3v) is 11.2. The lowest BCUT2D eigenvalue weighted by molar-refractivity contribution is -0.117. The van der Waals surface area contributed by atoms with Crippen LogP contribution in [0.4, 0.5) is 0 Å². The van der Waals surface area contributed by atoms with Crippen molar-refractivity contribution in [1.29, 1.82) is 0 Å². The van der Waals surface area contributed by atoms with Gasteiger partial charge in [0.2, 0.25) is 14.8 Å². The Kier molecular flexibility index (Phi) is 4.13. The van der Waals surface area contributed by atoms with Crippen molar-refractivity contribution in [2.75, 3.05) is 13.6 Å². The average Bonchev–Trinajstić information content (AvgIpc) is 3.17. The van der Waals surface area contributed by atoms with E-state index in [0.29, 0.717) is 18.4 Å². The van der Waals surface area contributed by atoms with Gasteiger partial charge in [0.1, 0.15) is 6.10 Å². The van der Waals surface area contributed by atoms with Gasteiger partial charge in [0, 0.05) is 17.4 Å². The van der Waals surface area contributed by atoms with E-state index in [-0.39, 0.29) is 16.9 Å². The summed E-state index contributed by atoms with van der Waals surface area (Å²) in [6.07, 6.45) is 5.57. The van der Waals surface area contributed by atoms with E-state index in [1.165, 1.54) is 0 Å². The van der Waals surface area contributed by atoms with E-state index in [1.54, 1.807) is 30.4 Å². The number of allylic oxidation sites excluding steroid dienone is 1. The van der Waals surface area contributed by atoms with E-state index < -0.39 is 38.5 Å². The van der Waals surface area contributed by atoms with E-state index in [0.717, 1.165) is 22.9 Å². The molecule has 1 spiro atoms. The molecule has 2 N–H and O–H groups in total. The molecule has 7 heteroatoms. The molecular formula is C27H27NO5S. The molecule has 7 atom stereocenters. The maximum absolute atomic E-state index is 14.5. The predicted octanol–water partition coefficient (Wildman–Crippen LogP) is 2.58. The van der Waals surface area contributed by atoms with Gasteiger partial charge in [-0.25, -0.2) is 8.42 Å². The topological polar surface area (TPSA) is 87.1 Å². The van der Waals surface area contributed by atoms with Crippen molar-refractivity contribution in [1.82, 2.24) is 4.90 Å². The van der Waals surface area contributed by atoms with Gasteiger partial charge in [0.25, 0.3) is 0 Å². The summed E-state index contributed by atoms with van der Waals surface area (Å²) in [5.74, 6) is 0.0192. The third-order valence-electron chi connectivity index (χ3n) is 8.95. The molecule has 2 aromatic rings. The second-order valence-corrected chi connectivity index (χ2v) is 12.5. The molecule has 2 heterocycles. The van der Waals surface area contributed by atoms with Gasteiger partial charge in [-0.15, -0.1) is 0 Å².